The molecular weight excluding hydrogens is 201 g/mol. The summed E-state index contributed by atoms with van der Waals surface area (Å²) in [6.07, 6.45) is 9.75. The maximum absolute atomic E-state index is 5.72. The van der Waals surface area contributed by atoms with Crippen molar-refractivity contribution in [1.82, 2.24) is 5.32 Å². The number of hydrogen-bond acceptors (Lipinski definition) is 2. The molecule has 1 aliphatic rings. The number of hydrogen-bond donors (Lipinski definition) is 1. The highest BCUT2D eigenvalue weighted by Gasteiger charge is 2.20. The van der Waals surface area contributed by atoms with Crippen molar-refractivity contribution in [2.24, 2.45) is 5.92 Å². The molecular formula is C12H22AlNO. The molecule has 1 heterocycles. The summed E-state index contributed by atoms with van der Waals surface area (Å²) >= 11 is 2.65. The van der Waals surface area contributed by atoms with E-state index in [9.17, 15) is 0 Å². The van der Waals surface area contributed by atoms with Crippen molar-refractivity contribution in [2.75, 3.05) is 0 Å². The van der Waals surface area contributed by atoms with Gasteiger partial charge in [0.15, 0.2) is 0 Å². The Bertz CT molecular complexity index is 206. The van der Waals surface area contributed by atoms with Crippen LogP contribution in [0.1, 0.15) is 52.4 Å². The van der Waals surface area contributed by atoms with Gasteiger partial charge in [0.05, 0.1) is 5.09 Å². The average molecular weight is 223 g/mol. The Morgan fingerprint density at radius 3 is 2.67 bits per heavy atom. The van der Waals surface area contributed by atoms with Crippen LogP contribution in [0.25, 0.3) is 0 Å². The van der Waals surface area contributed by atoms with E-state index in [4.69, 9.17) is 4.74 Å². The van der Waals surface area contributed by atoms with Gasteiger partial charge in [0.2, 0.25) is 16.3 Å². The second kappa shape index (κ2) is 7.20. The lowest BCUT2D eigenvalue weighted by Crippen LogP contribution is -2.20. The molecule has 0 aliphatic carbocycles. The van der Waals surface area contributed by atoms with E-state index in [2.05, 4.69) is 35.5 Å². The topological polar surface area (TPSA) is 21.3 Å². The summed E-state index contributed by atoms with van der Waals surface area (Å²) in [5, 5.41) is 3.27. The number of ether oxygens (including phenoxy) is 1. The van der Waals surface area contributed by atoms with E-state index >= 15 is 0 Å². The Kier molecular flexibility index (Phi) is 6.21. The summed E-state index contributed by atoms with van der Waals surface area (Å²) in [5.41, 5.74) is 0. The van der Waals surface area contributed by atoms with E-state index in [1.807, 2.05) is 6.20 Å². The van der Waals surface area contributed by atoms with Crippen LogP contribution in [0, 0.1) is 5.92 Å². The van der Waals surface area contributed by atoms with Crippen molar-refractivity contribution >= 4 is 16.3 Å². The first-order chi connectivity index (χ1) is 7.27. The molecule has 0 saturated carbocycles. The molecule has 2 unspecified atom stereocenters. The molecule has 0 amide bonds. The van der Waals surface area contributed by atoms with Crippen LogP contribution < -0.4 is 5.32 Å². The molecule has 84 valence electrons. The van der Waals surface area contributed by atoms with Crippen LogP contribution >= 0.6 is 0 Å². The first-order valence-electron chi connectivity index (χ1n) is 6.16. The molecule has 0 saturated heterocycles. The number of allylic oxidation sites excluding steroid dienone is 1. The van der Waals surface area contributed by atoms with Crippen molar-refractivity contribution in [3.05, 3.63) is 12.0 Å². The number of rotatable bonds is 7. The quantitative estimate of drug-likeness (QED) is 0.529. The third-order valence-electron chi connectivity index (χ3n) is 2.85. The standard InChI is InChI=1S/C12H22NO.Al/c1-3-5-6-8-11(7-4-2)12-9-13-10-14-12;/h9-11,13H,3-8H2,1-2H3;. The highest BCUT2D eigenvalue weighted by atomic mass is 27.0. The highest BCUT2D eigenvalue weighted by Crippen LogP contribution is 2.26. The van der Waals surface area contributed by atoms with E-state index in [0.29, 0.717) is 5.92 Å². The molecule has 0 bridgehead atoms. The minimum atomic E-state index is 0.0885. The fraction of sp³-hybridized carbons (Fsp3) is 0.833. The Balaban J connectivity index is 2.36. The summed E-state index contributed by atoms with van der Waals surface area (Å²) < 4.78 is 5.72. The van der Waals surface area contributed by atoms with Gasteiger partial charge < -0.3 is 10.1 Å². The van der Waals surface area contributed by atoms with E-state index in [0.717, 1.165) is 5.76 Å². The van der Waals surface area contributed by atoms with Gasteiger partial charge in [-0.05, 0) is 12.8 Å². The predicted octanol–water partition coefficient (Wildman–Crippen LogP) is 2.90. The summed E-state index contributed by atoms with van der Waals surface area (Å²) in [6, 6.07) is 0. The molecule has 1 aliphatic heterocycles. The second-order valence-corrected chi connectivity index (χ2v) is 4.84. The van der Waals surface area contributed by atoms with Gasteiger partial charge >= 0.3 is 0 Å². The molecule has 0 fully saturated rings. The summed E-state index contributed by atoms with van der Waals surface area (Å²) in [6.45, 7) is 4.49. The van der Waals surface area contributed by atoms with Gasteiger partial charge in [-0.15, -0.1) is 0 Å². The lowest BCUT2D eigenvalue weighted by Gasteiger charge is -2.18. The van der Waals surface area contributed by atoms with Gasteiger partial charge in [0.1, 0.15) is 5.76 Å². The summed E-state index contributed by atoms with van der Waals surface area (Å²) in [5.74, 6) is 1.78. The zero-order valence-electron chi connectivity index (χ0n) is 9.96. The van der Waals surface area contributed by atoms with Gasteiger partial charge in [-0.25, -0.2) is 0 Å². The van der Waals surface area contributed by atoms with Gasteiger partial charge in [0, 0.05) is 12.1 Å². The zero-order valence-corrected chi connectivity index (χ0v) is 11.1. The minimum Gasteiger partial charge on any atom is -0.492 e. The van der Waals surface area contributed by atoms with Crippen LogP contribution in [0.4, 0.5) is 0 Å². The Morgan fingerprint density at radius 2 is 2.13 bits per heavy atom. The largest absolute Gasteiger partial charge is 0.492 e. The first kappa shape index (κ1) is 12.9. The maximum Gasteiger partial charge on any atom is 0.230 e. The van der Waals surface area contributed by atoms with Crippen LogP contribution in [0.2, 0.25) is 0 Å². The van der Waals surface area contributed by atoms with E-state index in [1.165, 1.54) is 38.5 Å². The molecule has 3 heteroatoms. The van der Waals surface area contributed by atoms with Crippen LogP contribution in [0.5, 0.6) is 0 Å². The lowest BCUT2D eigenvalue weighted by atomic mass is 9.95. The van der Waals surface area contributed by atoms with Crippen molar-refractivity contribution in [2.45, 2.75) is 57.5 Å². The molecule has 0 aromatic heterocycles. The van der Waals surface area contributed by atoms with Crippen molar-refractivity contribution in [3.63, 3.8) is 0 Å². The zero-order chi connectivity index (χ0) is 11.1. The molecule has 15 heavy (non-hydrogen) atoms. The SMILES string of the molecule is CCCCCC(CCC)C1=CN[CH]([Al])O1. The highest BCUT2D eigenvalue weighted by molar-refractivity contribution is 6.11. The molecule has 2 radical (unpaired) electrons. The molecule has 2 nitrogen and oxygen atoms in total. The van der Waals surface area contributed by atoms with Crippen molar-refractivity contribution in [1.29, 1.82) is 0 Å². The van der Waals surface area contributed by atoms with Crippen molar-refractivity contribution < 1.29 is 4.74 Å². The number of nitrogens with one attached hydrogen (secondary N) is 1. The van der Waals surface area contributed by atoms with Crippen LogP contribution in [0.3, 0.4) is 0 Å². The monoisotopic (exact) mass is 223 g/mol. The fourth-order valence-corrected chi connectivity index (χ4v) is 2.26. The van der Waals surface area contributed by atoms with Gasteiger partial charge in [-0.2, -0.15) is 0 Å². The number of unbranched alkanes of at least 4 members (excludes halogenated alkanes) is 2. The van der Waals surface area contributed by atoms with E-state index in [1.54, 1.807) is 0 Å². The minimum absolute atomic E-state index is 0.0885. The summed E-state index contributed by atoms with van der Waals surface area (Å²) in [7, 11) is 0. The molecule has 2 atom stereocenters. The van der Waals surface area contributed by atoms with Gasteiger partial charge in [0.25, 0.3) is 0 Å². The van der Waals surface area contributed by atoms with E-state index < -0.39 is 0 Å². The smallest absolute Gasteiger partial charge is 0.230 e. The normalized spacial score (nSPS) is 21.7. The van der Waals surface area contributed by atoms with Crippen LogP contribution in [-0.4, -0.2) is 21.4 Å². The predicted molar refractivity (Wildman–Crippen MR) is 64.4 cm³/mol. The lowest BCUT2D eigenvalue weighted by molar-refractivity contribution is 0.159. The van der Waals surface area contributed by atoms with E-state index in [-0.39, 0.29) is 5.09 Å². The van der Waals surface area contributed by atoms with Crippen molar-refractivity contribution in [3.8, 4) is 0 Å². The third kappa shape index (κ3) is 4.49. The Labute approximate surface area is 102 Å². The van der Waals surface area contributed by atoms with Crippen LogP contribution in [-0.2, 0) is 4.74 Å². The Hall–Kier alpha value is -0.128. The molecule has 0 spiro atoms. The molecule has 1 rings (SSSR count). The molecule has 0 aromatic carbocycles. The fourth-order valence-electron chi connectivity index (χ4n) is 2.01. The van der Waals surface area contributed by atoms with Crippen LogP contribution in [0.15, 0.2) is 12.0 Å². The Morgan fingerprint density at radius 1 is 1.33 bits per heavy atom. The third-order valence-corrected chi connectivity index (χ3v) is 3.18. The second-order valence-electron chi connectivity index (χ2n) is 4.23. The average Bonchev–Trinajstić information content (AvgIpc) is 2.64. The van der Waals surface area contributed by atoms with Gasteiger partial charge in [-0.1, -0.05) is 39.5 Å². The summed E-state index contributed by atoms with van der Waals surface area (Å²) in [4.78, 5) is 0. The first-order valence-corrected chi connectivity index (χ1v) is 6.83. The molecule has 0 aromatic rings. The molecule has 1 N–H and O–H groups in total. The van der Waals surface area contributed by atoms with Gasteiger partial charge in [-0.3, -0.25) is 0 Å². The maximum atomic E-state index is 5.72.